The summed E-state index contributed by atoms with van der Waals surface area (Å²) in [6.45, 7) is 11.5. The molecule has 0 aromatic heterocycles. The number of primary amides is 1. The number of nitrogens with one attached hydrogen (secondary N) is 2. The average Bonchev–Trinajstić information content (AvgIpc) is 2.82. The molecule has 4 N–H and O–H groups in total. The molecule has 0 saturated carbocycles. The highest BCUT2D eigenvalue weighted by Gasteiger charge is 2.16. The number of ether oxygens (including phenoxy) is 2. The van der Waals surface area contributed by atoms with E-state index in [0.717, 1.165) is 17.5 Å². The Morgan fingerprint density at radius 1 is 1.29 bits per heavy atom. The molecule has 0 heterocycles. The number of halogens is 1. The van der Waals surface area contributed by atoms with Crippen molar-refractivity contribution < 1.29 is 14.3 Å². The molecular formula is C25H30ClN5O3. The van der Waals surface area contributed by atoms with Crippen LogP contribution < -0.4 is 25.8 Å². The van der Waals surface area contributed by atoms with Gasteiger partial charge in [0, 0.05) is 23.9 Å². The first-order valence-corrected chi connectivity index (χ1v) is 10.9. The van der Waals surface area contributed by atoms with Gasteiger partial charge < -0.3 is 25.8 Å². The minimum absolute atomic E-state index is 0.0953. The maximum absolute atomic E-state index is 11.6. The summed E-state index contributed by atoms with van der Waals surface area (Å²) in [5, 5.41) is 6.39. The van der Waals surface area contributed by atoms with E-state index in [1.807, 2.05) is 18.2 Å². The molecule has 0 bridgehead atoms. The minimum Gasteiger partial charge on any atom is -0.495 e. The summed E-state index contributed by atoms with van der Waals surface area (Å²) >= 11 is 6.39. The molecule has 0 spiro atoms. The fraction of sp³-hybridized carbons (Fsp3) is 0.240. The first kappa shape index (κ1) is 26.5. The number of benzene rings is 2. The Bertz CT molecular complexity index is 1140. The van der Waals surface area contributed by atoms with Gasteiger partial charge in [-0.3, -0.25) is 9.79 Å². The highest BCUT2D eigenvalue weighted by molar-refractivity contribution is 6.42. The molecule has 2 aromatic carbocycles. The van der Waals surface area contributed by atoms with E-state index in [2.05, 4.69) is 40.8 Å². The van der Waals surface area contributed by atoms with Crippen LogP contribution in [0.3, 0.4) is 0 Å². The number of nitrogens with two attached hydrogens (primary N) is 1. The molecule has 2 rings (SSSR count). The molecule has 0 unspecified atom stereocenters. The summed E-state index contributed by atoms with van der Waals surface area (Å²) in [7, 11) is 3.30. The number of hydrogen-bond donors (Lipinski definition) is 3. The lowest BCUT2D eigenvalue weighted by atomic mass is 10.0. The minimum atomic E-state index is -0.529. The summed E-state index contributed by atoms with van der Waals surface area (Å²) in [4.78, 5) is 19.8. The highest BCUT2D eigenvalue weighted by atomic mass is 35.5. The number of rotatable bonds is 11. The maximum atomic E-state index is 11.6. The van der Waals surface area contributed by atoms with E-state index in [4.69, 9.17) is 26.8 Å². The van der Waals surface area contributed by atoms with Crippen LogP contribution in [0.5, 0.6) is 11.5 Å². The lowest BCUT2D eigenvalue weighted by Gasteiger charge is -2.17. The summed E-state index contributed by atoms with van der Waals surface area (Å²) in [6, 6.07) is 9.07. The Kier molecular flexibility index (Phi) is 9.70. The lowest BCUT2D eigenvalue weighted by molar-refractivity contribution is 0.0999. The van der Waals surface area contributed by atoms with Crippen LogP contribution in [0.25, 0.3) is 5.70 Å². The Morgan fingerprint density at radius 2 is 2.03 bits per heavy atom. The molecule has 0 aliphatic heterocycles. The molecule has 1 amide bonds. The lowest BCUT2D eigenvalue weighted by Crippen LogP contribution is -2.16. The van der Waals surface area contributed by atoms with Crippen molar-refractivity contribution >= 4 is 41.5 Å². The van der Waals surface area contributed by atoms with Crippen molar-refractivity contribution in [3.63, 3.8) is 0 Å². The topological polar surface area (TPSA) is 110 Å². The zero-order valence-electron chi connectivity index (χ0n) is 19.9. The van der Waals surface area contributed by atoms with Crippen molar-refractivity contribution in [3.8, 4) is 11.5 Å². The summed E-state index contributed by atoms with van der Waals surface area (Å²) in [5.41, 5.74) is 9.75. The summed E-state index contributed by atoms with van der Waals surface area (Å²) in [5.74, 6) is 0.615. The Balaban J connectivity index is 2.40. The second-order valence-corrected chi connectivity index (χ2v) is 7.57. The smallest absolute Gasteiger partial charge is 0.249 e. The standard InChI is InChI=1S/C25H30ClN5O3/c1-7-17-9-8-10-21(23(17)16(3)29-5)34-25(19(26)13-28-4)31-14-30-20-11-15(2)18(24(27)32)12-22(20)33-6/h8-13,29-30H,3-4,7,14H2,1-2,5-6H3,(H2,27,32)/b19-13+,31-25+. The average molecular weight is 484 g/mol. The third kappa shape index (κ3) is 6.39. The van der Waals surface area contributed by atoms with Gasteiger partial charge in [-0.05, 0) is 49.4 Å². The van der Waals surface area contributed by atoms with Crippen molar-refractivity contribution in [1.82, 2.24) is 5.32 Å². The summed E-state index contributed by atoms with van der Waals surface area (Å²) in [6.07, 6.45) is 2.14. The van der Waals surface area contributed by atoms with Gasteiger partial charge in [-0.25, -0.2) is 4.99 Å². The number of methoxy groups -OCH3 is 1. The molecule has 8 nitrogen and oxygen atoms in total. The zero-order chi connectivity index (χ0) is 25.3. The Hall–Kier alpha value is -3.78. The van der Waals surface area contributed by atoms with Crippen LogP contribution in [0, 0.1) is 6.92 Å². The molecule has 2 aromatic rings. The van der Waals surface area contributed by atoms with Gasteiger partial charge in [0.1, 0.15) is 23.2 Å². The third-order valence-corrected chi connectivity index (χ3v) is 5.28. The molecule has 0 saturated heterocycles. The van der Waals surface area contributed by atoms with Gasteiger partial charge >= 0.3 is 0 Å². The Morgan fingerprint density at radius 3 is 2.62 bits per heavy atom. The number of nitrogens with zero attached hydrogens (tertiary/aromatic N) is 2. The largest absolute Gasteiger partial charge is 0.495 e. The quantitative estimate of drug-likeness (QED) is 0.322. The van der Waals surface area contributed by atoms with Gasteiger partial charge in [0.25, 0.3) is 0 Å². The van der Waals surface area contributed by atoms with E-state index >= 15 is 0 Å². The highest BCUT2D eigenvalue weighted by Crippen LogP contribution is 2.30. The van der Waals surface area contributed by atoms with Gasteiger partial charge in [-0.15, -0.1) is 0 Å². The normalized spacial score (nSPS) is 11.6. The maximum Gasteiger partial charge on any atom is 0.249 e. The van der Waals surface area contributed by atoms with Crippen LogP contribution in [0.2, 0.25) is 0 Å². The van der Waals surface area contributed by atoms with Gasteiger partial charge in [-0.2, -0.15) is 0 Å². The molecule has 0 aliphatic rings. The second-order valence-electron chi connectivity index (χ2n) is 7.16. The molecule has 34 heavy (non-hydrogen) atoms. The number of aliphatic imine (C=N–C) groups is 2. The van der Waals surface area contributed by atoms with Crippen LogP contribution >= 0.6 is 11.6 Å². The van der Waals surface area contributed by atoms with E-state index in [1.165, 1.54) is 13.3 Å². The van der Waals surface area contributed by atoms with Crippen molar-refractivity contribution in [2.45, 2.75) is 20.3 Å². The van der Waals surface area contributed by atoms with Crippen molar-refractivity contribution in [2.24, 2.45) is 15.7 Å². The Labute approximate surface area is 205 Å². The number of aryl methyl sites for hydroxylation is 2. The fourth-order valence-electron chi connectivity index (χ4n) is 3.28. The van der Waals surface area contributed by atoms with Crippen molar-refractivity contribution in [2.75, 3.05) is 26.1 Å². The van der Waals surface area contributed by atoms with Gasteiger partial charge in [0.2, 0.25) is 11.8 Å². The van der Waals surface area contributed by atoms with Gasteiger partial charge in [0.15, 0.2) is 0 Å². The van der Waals surface area contributed by atoms with Gasteiger partial charge in [-0.1, -0.05) is 37.2 Å². The second kappa shape index (κ2) is 12.5. The van der Waals surface area contributed by atoms with Crippen molar-refractivity contribution in [1.29, 1.82) is 0 Å². The van der Waals surface area contributed by atoms with E-state index < -0.39 is 5.91 Å². The number of anilines is 1. The van der Waals surface area contributed by atoms with Crippen LogP contribution in [0.15, 0.2) is 58.1 Å². The molecule has 0 atom stereocenters. The number of carbonyl (C=O) groups is 1. The third-order valence-electron chi connectivity index (χ3n) is 5.02. The van der Waals surface area contributed by atoms with Crippen molar-refractivity contribution in [3.05, 3.63) is 70.4 Å². The van der Waals surface area contributed by atoms with Crippen LogP contribution in [0.1, 0.15) is 34.0 Å². The summed E-state index contributed by atoms with van der Waals surface area (Å²) < 4.78 is 11.5. The molecule has 180 valence electrons. The van der Waals surface area contributed by atoms with E-state index in [0.29, 0.717) is 34.0 Å². The molecule has 0 radical (unpaired) electrons. The SMILES string of the molecule is C=N/C=C(Cl)\C(=N/CNc1cc(C)c(C(N)=O)cc1OC)Oc1cccc(CC)c1C(=C)NC. The predicted molar refractivity (Wildman–Crippen MR) is 140 cm³/mol. The van der Waals surface area contributed by atoms with E-state index in [1.54, 1.807) is 26.1 Å². The number of amides is 1. The van der Waals surface area contributed by atoms with Gasteiger partial charge in [0.05, 0.1) is 19.0 Å². The predicted octanol–water partition coefficient (Wildman–Crippen LogP) is 4.48. The fourth-order valence-corrected chi connectivity index (χ4v) is 3.44. The van der Waals surface area contributed by atoms with Crippen LogP contribution in [0.4, 0.5) is 5.69 Å². The molecular weight excluding hydrogens is 454 g/mol. The van der Waals surface area contributed by atoms with E-state index in [9.17, 15) is 4.79 Å². The van der Waals surface area contributed by atoms with E-state index in [-0.39, 0.29) is 17.6 Å². The molecule has 0 fully saturated rings. The van der Waals surface area contributed by atoms with Crippen LogP contribution in [-0.4, -0.2) is 39.3 Å². The number of carbonyl (C=O) groups excluding carboxylic acids is 1. The first-order valence-electron chi connectivity index (χ1n) is 10.5. The molecule has 0 aliphatic carbocycles. The first-order chi connectivity index (χ1) is 16.3. The monoisotopic (exact) mass is 483 g/mol. The number of hydrogen-bond acceptors (Lipinski definition) is 7. The van der Waals surface area contributed by atoms with Crippen LogP contribution in [-0.2, 0) is 6.42 Å². The molecule has 9 heteroatoms. The zero-order valence-corrected chi connectivity index (χ0v) is 20.6.